The van der Waals surface area contributed by atoms with Gasteiger partial charge in [-0.15, -0.1) is 0 Å². The van der Waals surface area contributed by atoms with E-state index in [0.717, 1.165) is 29.5 Å². The van der Waals surface area contributed by atoms with E-state index in [0.29, 0.717) is 10.6 Å². The van der Waals surface area contributed by atoms with Gasteiger partial charge < -0.3 is 4.74 Å². The highest BCUT2D eigenvalue weighted by atomic mass is 35.5. The highest BCUT2D eigenvalue weighted by Crippen LogP contribution is 2.33. The average molecular weight is 300 g/mol. The van der Waals surface area contributed by atoms with Crippen molar-refractivity contribution >= 4 is 23.1 Å². The number of carbonyl (C=O) groups is 1. The maximum absolute atomic E-state index is 11.7. The predicted octanol–water partition coefficient (Wildman–Crippen LogP) is 3.90. The summed E-state index contributed by atoms with van der Waals surface area (Å²) in [6.45, 7) is 0. The number of methoxy groups -OCH3 is 1. The minimum Gasteiger partial charge on any atom is -0.465 e. The molecule has 4 heteroatoms. The van der Waals surface area contributed by atoms with Crippen LogP contribution in [0.25, 0.3) is 5.57 Å². The van der Waals surface area contributed by atoms with Crippen LogP contribution in [0.5, 0.6) is 0 Å². The van der Waals surface area contributed by atoms with E-state index >= 15 is 0 Å². The summed E-state index contributed by atoms with van der Waals surface area (Å²) in [5, 5.41) is 0.602. The van der Waals surface area contributed by atoms with Gasteiger partial charge in [0.05, 0.1) is 17.7 Å². The molecule has 0 unspecified atom stereocenters. The summed E-state index contributed by atoms with van der Waals surface area (Å²) in [6, 6.07) is 7.57. The molecular weight excluding hydrogens is 286 g/mol. The number of aryl methyl sites for hydroxylation is 1. The van der Waals surface area contributed by atoms with Crippen molar-refractivity contribution in [2.75, 3.05) is 7.11 Å². The van der Waals surface area contributed by atoms with Gasteiger partial charge in [-0.05, 0) is 47.7 Å². The summed E-state index contributed by atoms with van der Waals surface area (Å²) in [4.78, 5) is 15.9. The van der Waals surface area contributed by atoms with Crippen LogP contribution in [0.2, 0.25) is 5.02 Å². The molecule has 0 spiro atoms. The third-order valence-corrected chi connectivity index (χ3v) is 3.81. The second-order valence-electron chi connectivity index (χ2n) is 4.91. The molecule has 3 nitrogen and oxygen atoms in total. The number of nitrogens with zero attached hydrogens (tertiary/aromatic N) is 1. The standard InChI is InChI=1S/C17H14ClNO2/c1-21-17(20)12-6-5-11-3-2-4-15(16(11)8-12)13-7-14(18)10-19-9-13/h4-10H,2-3H2,1H3. The summed E-state index contributed by atoms with van der Waals surface area (Å²) in [6.07, 6.45) is 7.50. The van der Waals surface area contributed by atoms with Crippen molar-refractivity contribution in [3.8, 4) is 0 Å². The maximum Gasteiger partial charge on any atom is 0.337 e. The van der Waals surface area contributed by atoms with Gasteiger partial charge in [0.15, 0.2) is 0 Å². The Morgan fingerprint density at radius 2 is 2.14 bits per heavy atom. The molecule has 0 saturated carbocycles. The SMILES string of the molecule is COC(=O)c1ccc2c(c1)C(c1cncc(Cl)c1)=CCC2. The first-order valence-electron chi connectivity index (χ1n) is 6.72. The van der Waals surface area contributed by atoms with Crippen LogP contribution in [0.4, 0.5) is 0 Å². The van der Waals surface area contributed by atoms with E-state index in [4.69, 9.17) is 16.3 Å². The molecule has 3 rings (SSSR count). The minimum absolute atomic E-state index is 0.327. The molecule has 2 aromatic rings. The monoisotopic (exact) mass is 299 g/mol. The largest absolute Gasteiger partial charge is 0.465 e. The molecule has 0 bridgehead atoms. The number of esters is 1. The van der Waals surface area contributed by atoms with Gasteiger partial charge >= 0.3 is 5.97 Å². The zero-order chi connectivity index (χ0) is 14.8. The highest BCUT2D eigenvalue weighted by molar-refractivity contribution is 6.30. The maximum atomic E-state index is 11.7. The summed E-state index contributed by atoms with van der Waals surface area (Å²) in [7, 11) is 1.39. The van der Waals surface area contributed by atoms with Gasteiger partial charge in [0.1, 0.15) is 0 Å². The summed E-state index contributed by atoms with van der Waals surface area (Å²) < 4.78 is 4.80. The van der Waals surface area contributed by atoms with Crippen molar-refractivity contribution in [3.63, 3.8) is 0 Å². The number of pyridine rings is 1. The average Bonchev–Trinajstić information content (AvgIpc) is 2.53. The lowest BCUT2D eigenvalue weighted by molar-refractivity contribution is 0.0600. The fourth-order valence-electron chi connectivity index (χ4n) is 2.60. The van der Waals surface area contributed by atoms with Crippen LogP contribution >= 0.6 is 11.6 Å². The molecule has 0 atom stereocenters. The Bertz CT molecular complexity index is 737. The second kappa shape index (κ2) is 5.70. The van der Waals surface area contributed by atoms with Crippen molar-refractivity contribution in [2.24, 2.45) is 0 Å². The second-order valence-corrected chi connectivity index (χ2v) is 5.35. The summed E-state index contributed by atoms with van der Waals surface area (Å²) in [5.41, 5.74) is 4.86. The molecule has 21 heavy (non-hydrogen) atoms. The van der Waals surface area contributed by atoms with Crippen LogP contribution in [0.15, 0.2) is 42.7 Å². The number of rotatable bonds is 2. The van der Waals surface area contributed by atoms with Gasteiger partial charge in [0.25, 0.3) is 0 Å². The van der Waals surface area contributed by atoms with Gasteiger partial charge in [-0.3, -0.25) is 4.98 Å². The van der Waals surface area contributed by atoms with Crippen LogP contribution in [0.3, 0.4) is 0 Å². The number of allylic oxidation sites excluding steroid dienone is 1. The van der Waals surface area contributed by atoms with E-state index < -0.39 is 0 Å². The first-order valence-corrected chi connectivity index (χ1v) is 7.09. The topological polar surface area (TPSA) is 39.2 Å². The van der Waals surface area contributed by atoms with E-state index in [1.807, 2.05) is 24.3 Å². The van der Waals surface area contributed by atoms with Crippen molar-refractivity contribution < 1.29 is 9.53 Å². The molecule has 1 aliphatic carbocycles. The van der Waals surface area contributed by atoms with E-state index in [2.05, 4.69) is 11.1 Å². The summed E-state index contributed by atoms with van der Waals surface area (Å²) >= 11 is 6.03. The van der Waals surface area contributed by atoms with E-state index in [1.165, 1.54) is 12.7 Å². The molecule has 0 radical (unpaired) electrons. The van der Waals surface area contributed by atoms with Crippen LogP contribution in [0.1, 0.15) is 33.5 Å². The highest BCUT2D eigenvalue weighted by Gasteiger charge is 2.17. The van der Waals surface area contributed by atoms with Crippen LogP contribution in [0, 0.1) is 0 Å². The van der Waals surface area contributed by atoms with Gasteiger partial charge in [0, 0.05) is 18.0 Å². The lowest BCUT2D eigenvalue weighted by atomic mass is 9.86. The third kappa shape index (κ3) is 2.69. The van der Waals surface area contributed by atoms with Gasteiger partial charge in [-0.25, -0.2) is 4.79 Å². The van der Waals surface area contributed by atoms with Gasteiger partial charge in [-0.1, -0.05) is 23.7 Å². The lowest BCUT2D eigenvalue weighted by Crippen LogP contribution is -2.06. The first-order chi connectivity index (χ1) is 10.2. The fraction of sp³-hybridized carbons (Fsp3) is 0.176. The Hall–Kier alpha value is -2.13. The number of carbonyl (C=O) groups excluding carboxylic acids is 1. The Balaban J connectivity index is 2.10. The Kier molecular flexibility index (Phi) is 3.76. The fourth-order valence-corrected chi connectivity index (χ4v) is 2.78. The third-order valence-electron chi connectivity index (χ3n) is 3.60. The number of ether oxygens (including phenoxy) is 1. The van der Waals surface area contributed by atoms with Crippen LogP contribution < -0.4 is 0 Å². The van der Waals surface area contributed by atoms with E-state index in [9.17, 15) is 4.79 Å². The van der Waals surface area contributed by atoms with E-state index in [1.54, 1.807) is 12.4 Å². The molecule has 0 fully saturated rings. The van der Waals surface area contributed by atoms with Crippen LogP contribution in [-0.4, -0.2) is 18.1 Å². The molecule has 1 aliphatic rings. The van der Waals surface area contributed by atoms with Gasteiger partial charge in [0.2, 0.25) is 0 Å². The van der Waals surface area contributed by atoms with Crippen molar-refractivity contribution in [1.82, 2.24) is 4.98 Å². The smallest absolute Gasteiger partial charge is 0.337 e. The zero-order valence-electron chi connectivity index (χ0n) is 11.6. The zero-order valence-corrected chi connectivity index (χ0v) is 12.4. The number of hydrogen-bond acceptors (Lipinski definition) is 3. The Labute approximate surface area is 128 Å². The normalized spacial score (nSPS) is 13.3. The van der Waals surface area contributed by atoms with Crippen molar-refractivity contribution in [1.29, 1.82) is 0 Å². The number of halogens is 1. The molecular formula is C17H14ClNO2. The Morgan fingerprint density at radius 1 is 1.29 bits per heavy atom. The Morgan fingerprint density at radius 3 is 2.90 bits per heavy atom. The number of benzene rings is 1. The van der Waals surface area contributed by atoms with E-state index in [-0.39, 0.29) is 5.97 Å². The van der Waals surface area contributed by atoms with Crippen LogP contribution in [-0.2, 0) is 11.2 Å². The molecule has 1 aromatic heterocycles. The van der Waals surface area contributed by atoms with Crippen molar-refractivity contribution in [3.05, 3.63) is 70.0 Å². The molecule has 0 saturated heterocycles. The first kappa shape index (κ1) is 13.8. The quantitative estimate of drug-likeness (QED) is 0.790. The minimum atomic E-state index is -0.327. The lowest BCUT2D eigenvalue weighted by Gasteiger charge is -2.19. The van der Waals surface area contributed by atoms with Gasteiger partial charge in [-0.2, -0.15) is 0 Å². The molecule has 0 aliphatic heterocycles. The molecule has 0 amide bonds. The number of aromatic nitrogens is 1. The number of hydrogen-bond donors (Lipinski definition) is 0. The summed E-state index contributed by atoms with van der Waals surface area (Å²) in [5.74, 6) is -0.327. The predicted molar refractivity (Wildman–Crippen MR) is 82.4 cm³/mol. The molecule has 1 aromatic carbocycles. The number of fused-ring (bicyclic) bond motifs is 1. The van der Waals surface area contributed by atoms with Crippen molar-refractivity contribution in [2.45, 2.75) is 12.8 Å². The molecule has 0 N–H and O–H groups in total. The molecule has 106 valence electrons. The molecule has 1 heterocycles.